The molecule has 0 unspecified atom stereocenters. The highest BCUT2D eigenvalue weighted by molar-refractivity contribution is 4.45. The van der Waals surface area contributed by atoms with E-state index >= 15 is 0 Å². The third-order valence-corrected chi connectivity index (χ3v) is 1.10. The Bertz CT molecular complexity index is 43.8. The number of nitrogens with one attached hydrogen (secondary N) is 1. The highest BCUT2D eigenvalue weighted by atomic mass is 15.2. The molecule has 3 N–H and O–H groups in total. The molecule has 0 rings (SSSR count). The van der Waals surface area contributed by atoms with Crippen LogP contribution in [-0.4, -0.2) is 6.54 Å². The summed E-state index contributed by atoms with van der Waals surface area (Å²) in [6, 6.07) is 0. The van der Waals surface area contributed by atoms with Gasteiger partial charge in [-0.2, -0.15) is 0 Å². The Morgan fingerprint density at radius 1 is 1.50 bits per heavy atom. The lowest BCUT2D eigenvalue weighted by molar-refractivity contribution is 0.534. The van der Waals surface area contributed by atoms with Crippen LogP contribution in [0.2, 0.25) is 0 Å². The number of hydrogen-bond acceptors (Lipinski definition) is 2. The topological polar surface area (TPSA) is 38.0 Å². The number of rotatable bonds is 4. The highest BCUT2D eigenvalue weighted by Crippen LogP contribution is 2.00. The third kappa shape index (κ3) is 5.92. The van der Waals surface area contributed by atoms with Gasteiger partial charge in [-0.05, 0) is 18.8 Å². The van der Waals surface area contributed by atoms with E-state index in [1.165, 1.54) is 12.8 Å². The van der Waals surface area contributed by atoms with E-state index in [2.05, 4.69) is 19.3 Å². The maximum atomic E-state index is 5.06. The molecule has 0 saturated carbocycles. The zero-order valence-electron chi connectivity index (χ0n) is 5.78. The molecule has 0 atom stereocenters. The van der Waals surface area contributed by atoms with Crippen molar-refractivity contribution in [3.05, 3.63) is 0 Å². The van der Waals surface area contributed by atoms with E-state index in [1.54, 1.807) is 0 Å². The minimum Gasteiger partial charge on any atom is -0.271 e. The van der Waals surface area contributed by atoms with E-state index in [1.807, 2.05) is 0 Å². The molecule has 0 spiro atoms. The van der Waals surface area contributed by atoms with Gasteiger partial charge in [0.25, 0.3) is 0 Å². The molecule has 0 heterocycles. The minimum atomic E-state index is 0.809. The summed E-state index contributed by atoms with van der Waals surface area (Å²) in [5.74, 6) is 5.87. The van der Waals surface area contributed by atoms with Gasteiger partial charge in [-0.1, -0.05) is 13.8 Å². The molecule has 0 aliphatic rings. The Labute approximate surface area is 51.4 Å². The van der Waals surface area contributed by atoms with Gasteiger partial charge in [-0.25, -0.2) is 0 Å². The van der Waals surface area contributed by atoms with Crippen molar-refractivity contribution >= 4 is 0 Å². The van der Waals surface area contributed by atoms with Gasteiger partial charge < -0.3 is 0 Å². The standard InChI is InChI=1S/C6H16N2/c1-6(2)4-3-5-8-7/h6,8H,3-5,7H2,1-2H3. The first-order valence-corrected chi connectivity index (χ1v) is 3.21. The fourth-order valence-corrected chi connectivity index (χ4v) is 0.612. The minimum absolute atomic E-state index is 0.809. The molecule has 0 aromatic rings. The van der Waals surface area contributed by atoms with Crippen LogP contribution in [0.1, 0.15) is 26.7 Å². The van der Waals surface area contributed by atoms with Gasteiger partial charge >= 0.3 is 0 Å². The smallest absolute Gasteiger partial charge is 0.00975 e. The quantitative estimate of drug-likeness (QED) is 0.325. The lowest BCUT2D eigenvalue weighted by Gasteiger charge is -2.01. The third-order valence-electron chi connectivity index (χ3n) is 1.10. The van der Waals surface area contributed by atoms with Gasteiger partial charge in [0.15, 0.2) is 0 Å². The molecule has 0 fully saturated rings. The Kier molecular flexibility index (Phi) is 5.01. The van der Waals surface area contributed by atoms with Crippen LogP contribution in [0.4, 0.5) is 0 Å². The van der Waals surface area contributed by atoms with Crippen molar-refractivity contribution in [3.8, 4) is 0 Å². The van der Waals surface area contributed by atoms with Gasteiger partial charge in [-0.3, -0.25) is 11.3 Å². The zero-order valence-corrected chi connectivity index (χ0v) is 5.78. The highest BCUT2D eigenvalue weighted by Gasteiger charge is 1.90. The molecule has 8 heavy (non-hydrogen) atoms. The van der Waals surface area contributed by atoms with Crippen LogP contribution in [-0.2, 0) is 0 Å². The van der Waals surface area contributed by atoms with Crippen LogP contribution in [0, 0.1) is 5.92 Å². The lowest BCUT2D eigenvalue weighted by Crippen LogP contribution is -2.23. The Morgan fingerprint density at radius 2 is 2.12 bits per heavy atom. The molecule has 0 aromatic heterocycles. The molecule has 0 saturated heterocycles. The molecule has 0 aliphatic heterocycles. The van der Waals surface area contributed by atoms with Crippen molar-refractivity contribution in [1.82, 2.24) is 5.43 Å². The van der Waals surface area contributed by atoms with Crippen LogP contribution in [0.15, 0.2) is 0 Å². The van der Waals surface area contributed by atoms with E-state index in [4.69, 9.17) is 5.84 Å². The largest absolute Gasteiger partial charge is 0.271 e. The molecular weight excluding hydrogens is 100 g/mol. The molecule has 0 aliphatic carbocycles. The fraction of sp³-hybridized carbons (Fsp3) is 1.00. The lowest BCUT2D eigenvalue weighted by atomic mass is 10.1. The van der Waals surface area contributed by atoms with E-state index in [-0.39, 0.29) is 0 Å². The molecule has 0 aromatic carbocycles. The summed E-state index contributed by atoms with van der Waals surface area (Å²) >= 11 is 0. The van der Waals surface area contributed by atoms with Crippen molar-refractivity contribution in [1.29, 1.82) is 0 Å². The van der Waals surface area contributed by atoms with Crippen molar-refractivity contribution in [2.24, 2.45) is 11.8 Å². The van der Waals surface area contributed by atoms with E-state index < -0.39 is 0 Å². The van der Waals surface area contributed by atoms with E-state index in [0.29, 0.717) is 0 Å². The Balaban J connectivity index is 2.72. The van der Waals surface area contributed by atoms with Gasteiger partial charge in [0.1, 0.15) is 0 Å². The second-order valence-corrected chi connectivity index (χ2v) is 2.49. The van der Waals surface area contributed by atoms with Gasteiger partial charge in [0.05, 0.1) is 0 Å². The van der Waals surface area contributed by atoms with Crippen LogP contribution in [0.3, 0.4) is 0 Å². The average molecular weight is 116 g/mol. The molecule has 0 bridgehead atoms. The van der Waals surface area contributed by atoms with Crippen molar-refractivity contribution in [2.75, 3.05) is 6.54 Å². The SMILES string of the molecule is CC(C)CCCNN. The first-order chi connectivity index (χ1) is 3.77. The molecular formula is C6H16N2. The number of hydrazine groups is 1. The van der Waals surface area contributed by atoms with E-state index in [0.717, 1.165) is 12.5 Å². The van der Waals surface area contributed by atoms with Gasteiger partial charge in [0.2, 0.25) is 0 Å². The molecule has 0 radical (unpaired) electrons. The van der Waals surface area contributed by atoms with Crippen LogP contribution in [0.5, 0.6) is 0 Å². The fourth-order valence-electron chi connectivity index (χ4n) is 0.612. The van der Waals surface area contributed by atoms with Crippen molar-refractivity contribution in [2.45, 2.75) is 26.7 Å². The summed E-state index contributed by atoms with van der Waals surface area (Å²) in [7, 11) is 0. The average Bonchev–Trinajstić information content (AvgIpc) is 1.66. The molecule has 0 amide bonds. The van der Waals surface area contributed by atoms with Gasteiger partial charge in [-0.15, -0.1) is 0 Å². The molecule has 50 valence electrons. The normalized spacial score (nSPS) is 10.5. The number of hydrogen-bond donors (Lipinski definition) is 2. The monoisotopic (exact) mass is 116 g/mol. The van der Waals surface area contributed by atoms with E-state index in [9.17, 15) is 0 Å². The second-order valence-electron chi connectivity index (χ2n) is 2.49. The number of nitrogens with two attached hydrogens (primary N) is 1. The first kappa shape index (κ1) is 7.92. The second kappa shape index (κ2) is 5.06. The maximum Gasteiger partial charge on any atom is 0.00975 e. The summed E-state index contributed by atoms with van der Waals surface area (Å²) in [5, 5.41) is 0. The maximum absolute atomic E-state index is 5.06. The van der Waals surface area contributed by atoms with Crippen molar-refractivity contribution < 1.29 is 0 Å². The Morgan fingerprint density at radius 3 is 2.50 bits per heavy atom. The predicted molar refractivity (Wildman–Crippen MR) is 36.3 cm³/mol. The predicted octanol–water partition coefficient (Wildman–Crippen LogP) is 0.886. The summed E-state index contributed by atoms with van der Waals surface area (Å²) < 4.78 is 0. The Hall–Kier alpha value is -0.0800. The van der Waals surface area contributed by atoms with Crippen LogP contribution < -0.4 is 11.3 Å². The zero-order chi connectivity index (χ0) is 6.41. The van der Waals surface area contributed by atoms with Crippen LogP contribution >= 0.6 is 0 Å². The van der Waals surface area contributed by atoms with Crippen LogP contribution in [0.25, 0.3) is 0 Å². The first-order valence-electron chi connectivity index (χ1n) is 3.21. The molecule has 2 heteroatoms. The van der Waals surface area contributed by atoms with Gasteiger partial charge in [0, 0.05) is 6.54 Å². The molecule has 2 nitrogen and oxygen atoms in total. The summed E-state index contributed by atoms with van der Waals surface area (Å²) in [6.07, 6.45) is 2.46. The summed E-state index contributed by atoms with van der Waals surface area (Å²) in [6.45, 7) is 5.38. The summed E-state index contributed by atoms with van der Waals surface area (Å²) in [5.41, 5.74) is 2.62. The van der Waals surface area contributed by atoms with Crippen molar-refractivity contribution in [3.63, 3.8) is 0 Å². The summed E-state index contributed by atoms with van der Waals surface area (Å²) in [4.78, 5) is 0.